The lowest BCUT2D eigenvalue weighted by Crippen LogP contribution is -1.99. The number of benzene rings is 2. The van der Waals surface area contributed by atoms with Crippen LogP contribution in [0.2, 0.25) is 0 Å². The van der Waals surface area contributed by atoms with Gasteiger partial charge in [0.25, 0.3) is 0 Å². The van der Waals surface area contributed by atoms with Crippen LogP contribution in [-0.4, -0.2) is 21.6 Å². The second-order valence-electron chi connectivity index (χ2n) is 6.78. The number of methoxy groups -OCH3 is 1. The molecule has 0 saturated carbocycles. The SMILES string of the molecule is COc1ccc(-n2c(C)cc(/C=C(/C#N)c3nc4ccc(F)cc4[nH]3)c2C)cc1. The molecule has 0 amide bonds. The molecule has 0 aliphatic rings. The van der Waals surface area contributed by atoms with Gasteiger partial charge < -0.3 is 14.3 Å². The van der Waals surface area contributed by atoms with Crippen molar-refractivity contribution in [1.82, 2.24) is 14.5 Å². The van der Waals surface area contributed by atoms with Crippen molar-refractivity contribution < 1.29 is 9.13 Å². The summed E-state index contributed by atoms with van der Waals surface area (Å²) >= 11 is 0. The van der Waals surface area contributed by atoms with Gasteiger partial charge >= 0.3 is 0 Å². The van der Waals surface area contributed by atoms with Gasteiger partial charge in [0.2, 0.25) is 0 Å². The van der Waals surface area contributed by atoms with E-state index in [2.05, 4.69) is 20.6 Å². The van der Waals surface area contributed by atoms with Gasteiger partial charge in [0.05, 0.1) is 23.7 Å². The Balaban J connectivity index is 1.76. The van der Waals surface area contributed by atoms with Crippen LogP contribution in [-0.2, 0) is 0 Å². The number of hydrogen-bond acceptors (Lipinski definition) is 3. The van der Waals surface area contributed by atoms with Gasteiger partial charge in [-0.15, -0.1) is 0 Å². The average molecular weight is 386 g/mol. The number of aromatic nitrogens is 3. The highest BCUT2D eigenvalue weighted by atomic mass is 19.1. The van der Waals surface area contributed by atoms with Gasteiger partial charge in [-0.2, -0.15) is 5.26 Å². The molecular weight excluding hydrogens is 367 g/mol. The fourth-order valence-electron chi connectivity index (χ4n) is 3.48. The van der Waals surface area contributed by atoms with E-state index in [1.165, 1.54) is 12.1 Å². The summed E-state index contributed by atoms with van der Waals surface area (Å²) < 4.78 is 20.8. The summed E-state index contributed by atoms with van der Waals surface area (Å²) in [5.74, 6) is 0.866. The third-order valence-electron chi connectivity index (χ3n) is 4.92. The lowest BCUT2D eigenvalue weighted by Gasteiger charge is -2.10. The Morgan fingerprint density at radius 1 is 1.17 bits per heavy atom. The molecule has 0 spiro atoms. The van der Waals surface area contributed by atoms with E-state index in [1.807, 2.05) is 44.2 Å². The first-order valence-electron chi connectivity index (χ1n) is 9.11. The highest BCUT2D eigenvalue weighted by Crippen LogP contribution is 2.26. The fraction of sp³-hybridized carbons (Fsp3) is 0.130. The van der Waals surface area contributed by atoms with Crippen molar-refractivity contribution in [3.05, 3.63) is 77.1 Å². The molecule has 5 nitrogen and oxygen atoms in total. The molecule has 2 heterocycles. The van der Waals surface area contributed by atoms with Crippen LogP contribution < -0.4 is 4.74 Å². The number of halogens is 1. The van der Waals surface area contributed by atoms with Crippen LogP contribution >= 0.6 is 0 Å². The summed E-state index contributed by atoms with van der Waals surface area (Å²) in [5, 5.41) is 9.69. The van der Waals surface area contributed by atoms with E-state index < -0.39 is 0 Å². The summed E-state index contributed by atoms with van der Waals surface area (Å²) in [7, 11) is 1.64. The predicted octanol–water partition coefficient (Wildman–Crippen LogP) is 5.18. The minimum absolute atomic E-state index is 0.349. The zero-order valence-corrected chi connectivity index (χ0v) is 16.3. The zero-order valence-electron chi connectivity index (χ0n) is 16.3. The summed E-state index contributed by atoms with van der Waals surface area (Å²) in [6.45, 7) is 4.02. The molecule has 0 radical (unpaired) electrons. The molecule has 2 aromatic carbocycles. The molecule has 2 aromatic heterocycles. The topological polar surface area (TPSA) is 66.6 Å². The number of nitrogens with one attached hydrogen (secondary N) is 1. The van der Waals surface area contributed by atoms with Crippen LogP contribution in [0.5, 0.6) is 5.75 Å². The number of nitriles is 1. The van der Waals surface area contributed by atoms with Gasteiger partial charge in [0, 0.05) is 17.1 Å². The largest absolute Gasteiger partial charge is 0.497 e. The standard InChI is InChI=1S/C23H19FN4O/c1-14-10-16(15(2)28(14)19-5-7-20(29-3)8-6-19)11-17(13-25)23-26-21-9-4-18(24)12-22(21)27-23/h4-12H,1-3H3,(H,26,27)/b17-11-. The lowest BCUT2D eigenvalue weighted by molar-refractivity contribution is 0.414. The molecule has 0 fully saturated rings. The quantitative estimate of drug-likeness (QED) is 0.491. The summed E-state index contributed by atoms with van der Waals surface area (Å²) in [6, 6.07) is 16.4. The Morgan fingerprint density at radius 3 is 2.62 bits per heavy atom. The number of rotatable bonds is 4. The third kappa shape index (κ3) is 3.39. The number of fused-ring (bicyclic) bond motifs is 1. The maximum Gasteiger partial charge on any atom is 0.149 e. The first-order chi connectivity index (χ1) is 14.0. The van der Waals surface area contributed by atoms with Crippen molar-refractivity contribution in [3.8, 4) is 17.5 Å². The zero-order chi connectivity index (χ0) is 20.5. The van der Waals surface area contributed by atoms with Crippen LogP contribution in [0.4, 0.5) is 4.39 Å². The van der Waals surface area contributed by atoms with E-state index >= 15 is 0 Å². The average Bonchev–Trinajstić information content (AvgIpc) is 3.26. The molecule has 4 rings (SSSR count). The number of ether oxygens (including phenoxy) is 1. The van der Waals surface area contributed by atoms with Crippen molar-refractivity contribution in [3.63, 3.8) is 0 Å². The van der Waals surface area contributed by atoms with E-state index in [-0.39, 0.29) is 5.82 Å². The molecule has 1 N–H and O–H groups in total. The second-order valence-corrected chi connectivity index (χ2v) is 6.78. The van der Waals surface area contributed by atoms with Crippen molar-refractivity contribution in [2.24, 2.45) is 0 Å². The van der Waals surface area contributed by atoms with Gasteiger partial charge in [-0.05, 0) is 74.0 Å². The van der Waals surface area contributed by atoms with Crippen molar-refractivity contribution in [2.75, 3.05) is 7.11 Å². The number of H-pyrrole nitrogens is 1. The predicted molar refractivity (Wildman–Crippen MR) is 111 cm³/mol. The lowest BCUT2D eigenvalue weighted by atomic mass is 10.1. The van der Waals surface area contributed by atoms with Crippen molar-refractivity contribution in [2.45, 2.75) is 13.8 Å². The van der Waals surface area contributed by atoms with Gasteiger partial charge in [-0.25, -0.2) is 9.37 Å². The molecule has 0 saturated heterocycles. The molecule has 144 valence electrons. The van der Waals surface area contributed by atoms with Gasteiger partial charge in [-0.3, -0.25) is 0 Å². The number of aryl methyl sites for hydroxylation is 1. The number of nitrogens with zero attached hydrogens (tertiary/aromatic N) is 3. The monoisotopic (exact) mass is 386 g/mol. The first-order valence-corrected chi connectivity index (χ1v) is 9.11. The number of hydrogen-bond donors (Lipinski definition) is 1. The molecule has 4 aromatic rings. The summed E-state index contributed by atoms with van der Waals surface area (Å²) in [4.78, 5) is 7.45. The van der Waals surface area contributed by atoms with Crippen LogP contribution in [0, 0.1) is 31.0 Å². The molecule has 0 atom stereocenters. The number of allylic oxidation sites excluding steroid dienone is 1. The molecule has 6 heteroatoms. The molecule has 0 aliphatic carbocycles. The number of aromatic amines is 1. The molecule has 0 unspecified atom stereocenters. The van der Waals surface area contributed by atoms with E-state index in [4.69, 9.17) is 4.74 Å². The Bertz CT molecular complexity index is 1270. The van der Waals surface area contributed by atoms with Crippen LogP contribution in [0.1, 0.15) is 22.8 Å². The minimum atomic E-state index is -0.349. The maximum atomic E-state index is 13.4. The minimum Gasteiger partial charge on any atom is -0.497 e. The first kappa shape index (κ1) is 18.5. The normalized spacial score (nSPS) is 11.6. The molecule has 29 heavy (non-hydrogen) atoms. The van der Waals surface area contributed by atoms with Gasteiger partial charge in [-0.1, -0.05) is 0 Å². The van der Waals surface area contributed by atoms with E-state index in [9.17, 15) is 9.65 Å². The Morgan fingerprint density at radius 2 is 1.93 bits per heavy atom. The van der Waals surface area contributed by atoms with Crippen LogP contribution in [0.3, 0.4) is 0 Å². The Hall–Kier alpha value is -3.85. The Kier molecular flexibility index (Phi) is 4.65. The smallest absolute Gasteiger partial charge is 0.149 e. The molecule has 0 bridgehead atoms. The Labute approximate surface area is 167 Å². The highest BCUT2D eigenvalue weighted by molar-refractivity contribution is 5.90. The van der Waals surface area contributed by atoms with E-state index in [0.29, 0.717) is 22.4 Å². The van der Waals surface area contributed by atoms with Crippen LogP contribution in [0.15, 0.2) is 48.5 Å². The second kappa shape index (κ2) is 7.28. The number of imidazole rings is 1. The van der Waals surface area contributed by atoms with E-state index in [1.54, 1.807) is 19.3 Å². The van der Waals surface area contributed by atoms with Gasteiger partial charge in [0.1, 0.15) is 23.5 Å². The third-order valence-corrected chi connectivity index (χ3v) is 4.92. The van der Waals surface area contributed by atoms with Crippen LogP contribution in [0.25, 0.3) is 28.4 Å². The summed E-state index contributed by atoms with van der Waals surface area (Å²) in [5.41, 5.74) is 5.54. The molecule has 0 aliphatic heterocycles. The van der Waals surface area contributed by atoms with E-state index in [0.717, 1.165) is 28.4 Å². The van der Waals surface area contributed by atoms with Crippen molar-refractivity contribution >= 4 is 22.7 Å². The molecular formula is C23H19FN4O. The van der Waals surface area contributed by atoms with Gasteiger partial charge in [0.15, 0.2) is 0 Å². The highest BCUT2D eigenvalue weighted by Gasteiger charge is 2.13. The fourth-order valence-corrected chi connectivity index (χ4v) is 3.48. The summed E-state index contributed by atoms with van der Waals surface area (Å²) in [6.07, 6.45) is 1.80. The van der Waals surface area contributed by atoms with Crippen molar-refractivity contribution in [1.29, 1.82) is 5.26 Å². The maximum absolute atomic E-state index is 13.4.